The Morgan fingerprint density at radius 2 is 1.94 bits per heavy atom. The lowest BCUT2D eigenvalue weighted by atomic mass is 10.1. The minimum Gasteiger partial charge on any atom is -0.497 e. The number of aromatic nitrogens is 4. The molecule has 4 rings (SSSR count). The van der Waals surface area contributed by atoms with Crippen molar-refractivity contribution in [3.63, 3.8) is 0 Å². The first-order chi connectivity index (χ1) is 15.5. The third-order valence-corrected chi connectivity index (χ3v) is 5.06. The molecule has 0 fully saturated rings. The van der Waals surface area contributed by atoms with Gasteiger partial charge in [0.05, 0.1) is 30.6 Å². The Labute approximate surface area is 185 Å². The summed E-state index contributed by atoms with van der Waals surface area (Å²) in [7, 11) is 3.25. The van der Waals surface area contributed by atoms with Crippen LogP contribution in [0.1, 0.15) is 10.4 Å². The van der Waals surface area contributed by atoms with Gasteiger partial charge in [-0.3, -0.25) is 19.3 Å². The van der Waals surface area contributed by atoms with Crippen molar-refractivity contribution in [3.05, 3.63) is 89.1 Å². The fraction of sp³-hybridized carbons (Fsp3) is 0.167. The summed E-state index contributed by atoms with van der Waals surface area (Å²) in [4.78, 5) is 28.2. The van der Waals surface area contributed by atoms with E-state index in [1.165, 1.54) is 22.9 Å². The van der Waals surface area contributed by atoms with Crippen LogP contribution >= 0.6 is 0 Å². The molecule has 8 nitrogen and oxygen atoms in total. The van der Waals surface area contributed by atoms with Crippen LogP contribution in [0, 0.1) is 0 Å². The van der Waals surface area contributed by atoms with Crippen molar-refractivity contribution in [1.29, 1.82) is 0 Å². The predicted octanol–water partition coefficient (Wildman–Crippen LogP) is 2.75. The molecule has 0 saturated carbocycles. The van der Waals surface area contributed by atoms with Gasteiger partial charge in [-0.25, -0.2) is 0 Å². The van der Waals surface area contributed by atoms with Gasteiger partial charge in [0, 0.05) is 49.4 Å². The number of rotatable bonds is 7. The second-order valence-electron chi connectivity index (χ2n) is 7.23. The van der Waals surface area contributed by atoms with Crippen LogP contribution < -0.4 is 15.6 Å². The lowest BCUT2D eigenvalue weighted by Crippen LogP contribution is -2.29. The molecule has 0 unspecified atom stereocenters. The number of amides is 1. The molecule has 0 radical (unpaired) electrons. The highest BCUT2D eigenvalue weighted by Crippen LogP contribution is 2.28. The molecule has 0 aliphatic carbocycles. The number of pyridine rings is 2. The van der Waals surface area contributed by atoms with Crippen LogP contribution in [0.2, 0.25) is 0 Å². The first-order valence-corrected chi connectivity index (χ1v) is 10.1. The third kappa shape index (κ3) is 4.59. The van der Waals surface area contributed by atoms with E-state index < -0.39 is 0 Å². The van der Waals surface area contributed by atoms with Crippen LogP contribution in [0.15, 0.2) is 78.0 Å². The van der Waals surface area contributed by atoms with Crippen LogP contribution in [-0.4, -0.2) is 38.9 Å². The summed E-state index contributed by atoms with van der Waals surface area (Å²) in [5.41, 5.74) is 3.82. The van der Waals surface area contributed by atoms with Gasteiger partial charge in [-0.15, -0.1) is 0 Å². The summed E-state index contributed by atoms with van der Waals surface area (Å²) < 4.78 is 8.60. The summed E-state index contributed by atoms with van der Waals surface area (Å²) >= 11 is 0. The van der Waals surface area contributed by atoms with Crippen molar-refractivity contribution < 1.29 is 9.53 Å². The lowest BCUT2D eigenvalue weighted by molar-refractivity contribution is 0.0951. The standard InChI is InChI=1S/C24H23N5O3/c1-28-16-19(8-9-23(28)30)24(31)26-11-12-29-22(17-5-3-7-20(13-17)32-2)14-21(27-29)18-6-4-10-25-15-18/h3-10,13-16H,11-12H2,1-2H3,(H,26,31). The summed E-state index contributed by atoms with van der Waals surface area (Å²) in [6, 6.07) is 16.5. The molecule has 0 spiro atoms. The highest BCUT2D eigenvalue weighted by molar-refractivity contribution is 5.93. The second-order valence-corrected chi connectivity index (χ2v) is 7.23. The minimum atomic E-state index is -0.247. The molecule has 0 aliphatic heterocycles. The van der Waals surface area contributed by atoms with Gasteiger partial charge in [-0.2, -0.15) is 5.10 Å². The van der Waals surface area contributed by atoms with Crippen LogP contribution in [0.4, 0.5) is 0 Å². The Bertz CT molecular complexity index is 1290. The number of nitrogens with one attached hydrogen (secondary N) is 1. The second kappa shape index (κ2) is 9.30. The van der Waals surface area contributed by atoms with Crippen LogP contribution in [-0.2, 0) is 13.6 Å². The number of carbonyl (C=O) groups excluding carboxylic acids is 1. The number of ether oxygens (including phenoxy) is 1. The van der Waals surface area contributed by atoms with Gasteiger partial charge >= 0.3 is 0 Å². The van der Waals surface area contributed by atoms with Gasteiger partial charge in [0.15, 0.2) is 0 Å². The first-order valence-electron chi connectivity index (χ1n) is 10.1. The van der Waals surface area contributed by atoms with Crippen molar-refractivity contribution >= 4 is 5.91 Å². The Morgan fingerprint density at radius 1 is 1.09 bits per heavy atom. The Morgan fingerprint density at radius 3 is 2.69 bits per heavy atom. The quantitative estimate of drug-likeness (QED) is 0.488. The fourth-order valence-corrected chi connectivity index (χ4v) is 3.36. The van der Waals surface area contributed by atoms with E-state index in [4.69, 9.17) is 9.84 Å². The molecule has 1 amide bonds. The monoisotopic (exact) mass is 429 g/mol. The zero-order valence-electron chi connectivity index (χ0n) is 17.9. The number of aryl methyl sites for hydroxylation is 1. The highest BCUT2D eigenvalue weighted by atomic mass is 16.5. The first kappa shape index (κ1) is 21.0. The summed E-state index contributed by atoms with van der Waals surface area (Å²) in [6.07, 6.45) is 5.01. The number of hydrogen-bond acceptors (Lipinski definition) is 5. The predicted molar refractivity (Wildman–Crippen MR) is 121 cm³/mol. The molecule has 3 aromatic heterocycles. The smallest absolute Gasteiger partial charge is 0.252 e. The summed E-state index contributed by atoms with van der Waals surface area (Å²) in [5.74, 6) is 0.504. The van der Waals surface area contributed by atoms with E-state index in [2.05, 4.69) is 10.3 Å². The average molecular weight is 429 g/mol. The van der Waals surface area contributed by atoms with Crippen molar-refractivity contribution in [1.82, 2.24) is 24.6 Å². The minimum absolute atomic E-state index is 0.163. The van der Waals surface area contributed by atoms with Gasteiger partial charge < -0.3 is 14.6 Å². The number of benzene rings is 1. The maximum absolute atomic E-state index is 12.5. The molecule has 8 heteroatoms. The Hall–Kier alpha value is -4.20. The zero-order chi connectivity index (χ0) is 22.5. The molecule has 0 atom stereocenters. The topological polar surface area (TPSA) is 91.0 Å². The van der Waals surface area contributed by atoms with Crippen molar-refractivity contribution in [2.24, 2.45) is 7.05 Å². The van der Waals surface area contributed by atoms with E-state index in [-0.39, 0.29) is 11.5 Å². The molecule has 0 bridgehead atoms. The Balaban J connectivity index is 1.57. The molecular weight excluding hydrogens is 406 g/mol. The number of hydrogen-bond donors (Lipinski definition) is 1. The highest BCUT2D eigenvalue weighted by Gasteiger charge is 2.13. The van der Waals surface area contributed by atoms with Crippen molar-refractivity contribution in [3.8, 4) is 28.3 Å². The normalized spacial score (nSPS) is 10.7. The van der Waals surface area contributed by atoms with E-state index in [9.17, 15) is 9.59 Å². The van der Waals surface area contributed by atoms with E-state index in [1.807, 2.05) is 47.1 Å². The van der Waals surface area contributed by atoms with E-state index in [0.29, 0.717) is 18.7 Å². The molecule has 0 aliphatic rings. The van der Waals surface area contributed by atoms with Crippen molar-refractivity contribution in [2.75, 3.05) is 13.7 Å². The summed E-state index contributed by atoms with van der Waals surface area (Å²) in [5, 5.41) is 7.64. The molecule has 32 heavy (non-hydrogen) atoms. The van der Waals surface area contributed by atoms with Crippen molar-refractivity contribution in [2.45, 2.75) is 6.54 Å². The fourth-order valence-electron chi connectivity index (χ4n) is 3.36. The maximum atomic E-state index is 12.5. The molecule has 1 N–H and O–H groups in total. The third-order valence-electron chi connectivity index (χ3n) is 5.06. The van der Waals surface area contributed by atoms with E-state index in [1.54, 1.807) is 26.6 Å². The number of carbonyl (C=O) groups is 1. The molecule has 1 aromatic carbocycles. The molecule has 162 valence electrons. The molecule has 4 aromatic rings. The van der Waals surface area contributed by atoms with Crippen LogP contribution in [0.3, 0.4) is 0 Å². The average Bonchev–Trinajstić information content (AvgIpc) is 3.25. The van der Waals surface area contributed by atoms with E-state index in [0.717, 1.165) is 28.3 Å². The van der Waals surface area contributed by atoms with Crippen LogP contribution in [0.5, 0.6) is 5.75 Å². The molecule has 0 saturated heterocycles. The SMILES string of the molecule is COc1cccc(-c2cc(-c3cccnc3)nn2CCNC(=O)c2ccc(=O)n(C)c2)c1. The Kier molecular flexibility index (Phi) is 6.12. The summed E-state index contributed by atoms with van der Waals surface area (Å²) in [6.45, 7) is 0.830. The largest absolute Gasteiger partial charge is 0.497 e. The molecule has 3 heterocycles. The van der Waals surface area contributed by atoms with E-state index >= 15 is 0 Å². The van der Waals surface area contributed by atoms with Crippen LogP contribution in [0.25, 0.3) is 22.5 Å². The lowest BCUT2D eigenvalue weighted by Gasteiger charge is -2.10. The van der Waals surface area contributed by atoms with Gasteiger partial charge in [-0.1, -0.05) is 12.1 Å². The van der Waals surface area contributed by atoms with Gasteiger partial charge in [0.2, 0.25) is 5.56 Å². The maximum Gasteiger partial charge on any atom is 0.252 e. The van der Waals surface area contributed by atoms with Gasteiger partial charge in [0.25, 0.3) is 5.91 Å². The van der Waals surface area contributed by atoms with Gasteiger partial charge in [-0.05, 0) is 36.4 Å². The number of methoxy groups -OCH3 is 1. The molecular formula is C24H23N5O3. The van der Waals surface area contributed by atoms with Gasteiger partial charge in [0.1, 0.15) is 5.75 Å². The number of nitrogens with zero attached hydrogens (tertiary/aromatic N) is 4. The zero-order valence-corrected chi connectivity index (χ0v) is 17.9.